The maximum Gasteiger partial charge on any atom is 0.243 e. The molecule has 2 N–H and O–H groups in total. The monoisotopic (exact) mass is 537 g/mol. The van der Waals surface area contributed by atoms with E-state index < -0.39 is 11.6 Å². The minimum absolute atomic E-state index is 0.0776. The van der Waals surface area contributed by atoms with Crippen LogP contribution in [0.3, 0.4) is 0 Å². The van der Waals surface area contributed by atoms with Crippen LogP contribution in [0.1, 0.15) is 79.4 Å². The molecule has 2 atom stereocenters. The van der Waals surface area contributed by atoms with E-state index in [1.54, 1.807) is 0 Å². The van der Waals surface area contributed by atoms with Crippen LogP contribution in [0.4, 0.5) is 0 Å². The van der Waals surface area contributed by atoms with Crippen LogP contribution in [0.25, 0.3) is 0 Å². The summed E-state index contributed by atoms with van der Waals surface area (Å²) in [6, 6.07) is 16.9. The Morgan fingerprint density at radius 3 is 2.05 bits per heavy atom. The summed E-state index contributed by atoms with van der Waals surface area (Å²) in [6.07, 6.45) is 2.18. The molecule has 6 heteroatoms. The Bertz CT molecular complexity index is 997. The second kappa shape index (κ2) is 15.7. The van der Waals surface area contributed by atoms with Crippen molar-refractivity contribution >= 4 is 11.8 Å². The molecule has 0 unspecified atom stereocenters. The minimum atomic E-state index is -0.675. The Morgan fingerprint density at radius 1 is 0.872 bits per heavy atom. The first-order chi connectivity index (χ1) is 18.4. The van der Waals surface area contributed by atoms with E-state index in [9.17, 15) is 9.59 Å². The maximum atomic E-state index is 13.7. The summed E-state index contributed by atoms with van der Waals surface area (Å²) in [5.41, 5.74) is 1.66. The van der Waals surface area contributed by atoms with Crippen molar-refractivity contribution in [2.45, 2.75) is 98.9 Å². The number of nitrogens with one attached hydrogen (secondary N) is 2. The molecule has 0 aromatic heterocycles. The third kappa shape index (κ3) is 12.2. The zero-order chi connectivity index (χ0) is 29.0. The standard InChI is InChI=1S/C33H51N3O3/c1-9-36(20-19-24(2)3)30(21-25(4)5)32(38)34-29(31(37)35-33(6,7)8)22-26-15-17-28(18-16-26)39-23-27-13-11-10-12-14-27/h10-18,24-25,29-30H,9,19-23H2,1-8H3,(H,34,38)(H,35,37)/t29-,30+/m0/s1. The van der Waals surface area contributed by atoms with Crippen LogP contribution in [-0.2, 0) is 22.6 Å². The fraction of sp³-hybridized carbons (Fsp3) is 0.576. The largest absolute Gasteiger partial charge is 0.489 e. The molecule has 0 saturated heterocycles. The van der Waals surface area contributed by atoms with Gasteiger partial charge >= 0.3 is 0 Å². The molecule has 216 valence electrons. The van der Waals surface area contributed by atoms with E-state index in [-0.39, 0.29) is 17.9 Å². The fourth-order valence-corrected chi connectivity index (χ4v) is 4.46. The number of hydrogen-bond acceptors (Lipinski definition) is 4. The summed E-state index contributed by atoms with van der Waals surface area (Å²) >= 11 is 0. The molecule has 0 bridgehead atoms. The van der Waals surface area contributed by atoms with Gasteiger partial charge in [-0.2, -0.15) is 0 Å². The molecule has 2 rings (SSSR count). The van der Waals surface area contributed by atoms with Crippen LogP contribution >= 0.6 is 0 Å². The molecule has 2 aromatic rings. The van der Waals surface area contributed by atoms with Crippen LogP contribution < -0.4 is 15.4 Å². The number of rotatable bonds is 15. The van der Waals surface area contributed by atoms with E-state index in [1.807, 2.05) is 75.4 Å². The van der Waals surface area contributed by atoms with Crippen molar-refractivity contribution in [3.63, 3.8) is 0 Å². The summed E-state index contributed by atoms with van der Waals surface area (Å²) < 4.78 is 5.92. The Labute approximate surface area is 236 Å². The molecule has 6 nitrogen and oxygen atoms in total. The van der Waals surface area contributed by atoms with E-state index in [0.717, 1.165) is 42.8 Å². The van der Waals surface area contributed by atoms with Crippen molar-refractivity contribution in [2.24, 2.45) is 11.8 Å². The number of amides is 2. The van der Waals surface area contributed by atoms with E-state index in [2.05, 4.69) is 50.2 Å². The van der Waals surface area contributed by atoms with E-state index >= 15 is 0 Å². The van der Waals surface area contributed by atoms with Crippen molar-refractivity contribution in [3.05, 3.63) is 65.7 Å². The number of hydrogen-bond donors (Lipinski definition) is 2. The van der Waals surface area contributed by atoms with Crippen LogP contribution in [0.2, 0.25) is 0 Å². The van der Waals surface area contributed by atoms with E-state index in [1.165, 1.54) is 0 Å². The van der Waals surface area contributed by atoms with Crippen molar-refractivity contribution in [3.8, 4) is 5.75 Å². The van der Waals surface area contributed by atoms with Gasteiger partial charge in [-0.1, -0.05) is 77.1 Å². The Balaban J connectivity index is 2.18. The molecule has 0 aliphatic carbocycles. The van der Waals surface area contributed by atoms with Crippen molar-refractivity contribution in [2.75, 3.05) is 13.1 Å². The average Bonchev–Trinajstić information content (AvgIpc) is 2.86. The van der Waals surface area contributed by atoms with Gasteiger partial charge in [0.25, 0.3) is 0 Å². The highest BCUT2D eigenvalue weighted by molar-refractivity contribution is 5.90. The van der Waals surface area contributed by atoms with Gasteiger partial charge in [0.05, 0.1) is 6.04 Å². The lowest BCUT2D eigenvalue weighted by molar-refractivity contribution is -0.133. The molecule has 0 fully saturated rings. The molecule has 0 aliphatic heterocycles. The number of nitrogens with zero attached hydrogens (tertiary/aromatic N) is 1. The maximum absolute atomic E-state index is 13.7. The average molecular weight is 538 g/mol. The lowest BCUT2D eigenvalue weighted by Crippen LogP contribution is -2.57. The summed E-state index contributed by atoms with van der Waals surface area (Å²) in [5, 5.41) is 6.20. The molecule has 0 radical (unpaired) electrons. The van der Waals surface area contributed by atoms with Crippen molar-refractivity contribution < 1.29 is 14.3 Å². The summed E-state index contributed by atoms with van der Waals surface area (Å²) in [4.78, 5) is 29.3. The number of benzene rings is 2. The lowest BCUT2D eigenvalue weighted by atomic mass is 9.98. The number of carbonyl (C=O) groups excluding carboxylic acids is 2. The topological polar surface area (TPSA) is 70.7 Å². The van der Waals surface area contributed by atoms with Crippen molar-refractivity contribution in [1.82, 2.24) is 15.5 Å². The third-order valence-corrected chi connectivity index (χ3v) is 6.58. The van der Waals surface area contributed by atoms with Gasteiger partial charge in [-0.3, -0.25) is 14.5 Å². The SMILES string of the molecule is CCN(CCC(C)C)[C@H](CC(C)C)C(=O)N[C@@H](Cc1ccc(OCc2ccccc2)cc1)C(=O)NC(C)(C)C. The molecular weight excluding hydrogens is 486 g/mol. The third-order valence-electron chi connectivity index (χ3n) is 6.58. The first-order valence-electron chi connectivity index (χ1n) is 14.5. The predicted molar refractivity (Wildman–Crippen MR) is 161 cm³/mol. The highest BCUT2D eigenvalue weighted by atomic mass is 16.5. The van der Waals surface area contributed by atoms with Gasteiger partial charge in [0.2, 0.25) is 11.8 Å². The molecule has 2 amide bonds. The predicted octanol–water partition coefficient (Wildman–Crippen LogP) is 5.99. The summed E-state index contributed by atoms with van der Waals surface area (Å²) in [7, 11) is 0. The highest BCUT2D eigenvalue weighted by Crippen LogP contribution is 2.18. The Morgan fingerprint density at radius 2 is 1.51 bits per heavy atom. The van der Waals surface area contributed by atoms with Gasteiger partial charge in [0.1, 0.15) is 18.4 Å². The lowest BCUT2D eigenvalue weighted by Gasteiger charge is -2.33. The quantitative estimate of drug-likeness (QED) is 0.293. The number of carbonyl (C=O) groups is 2. The molecule has 39 heavy (non-hydrogen) atoms. The van der Waals surface area contributed by atoms with Gasteiger partial charge < -0.3 is 15.4 Å². The fourth-order valence-electron chi connectivity index (χ4n) is 4.46. The van der Waals surface area contributed by atoms with Crippen LogP contribution in [0.5, 0.6) is 5.75 Å². The van der Waals surface area contributed by atoms with Crippen LogP contribution in [-0.4, -0.2) is 47.4 Å². The Hall–Kier alpha value is -2.86. The minimum Gasteiger partial charge on any atom is -0.489 e. The zero-order valence-electron chi connectivity index (χ0n) is 25.4. The van der Waals surface area contributed by atoms with Crippen LogP contribution in [0.15, 0.2) is 54.6 Å². The van der Waals surface area contributed by atoms with E-state index in [0.29, 0.717) is 24.9 Å². The molecule has 0 saturated carbocycles. The van der Waals surface area contributed by atoms with Gasteiger partial charge in [-0.15, -0.1) is 0 Å². The molecule has 2 aromatic carbocycles. The van der Waals surface area contributed by atoms with Gasteiger partial charge in [0, 0.05) is 12.0 Å². The van der Waals surface area contributed by atoms with Crippen molar-refractivity contribution in [1.29, 1.82) is 0 Å². The molecular formula is C33H51N3O3. The summed E-state index contributed by atoms with van der Waals surface area (Å²) in [5.74, 6) is 1.44. The first-order valence-corrected chi connectivity index (χ1v) is 14.5. The molecule has 0 spiro atoms. The van der Waals surface area contributed by atoms with Gasteiger partial charge in [-0.05, 0) is 81.8 Å². The second-order valence-corrected chi connectivity index (χ2v) is 12.4. The Kier molecular flexibility index (Phi) is 13.0. The smallest absolute Gasteiger partial charge is 0.243 e. The summed E-state index contributed by atoms with van der Waals surface area (Å²) in [6.45, 7) is 18.8. The first kappa shape index (κ1) is 32.4. The van der Waals surface area contributed by atoms with Gasteiger partial charge in [-0.25, -0.2) is 0 Å². The van der Waals surface area contributed by atoms with Crippen LogP contribution in [0, 0.1) is 11.8 Å². The highest BCUT2D eigenvalue weighted by Gasteiger charge is 2.31. The number of ether oxygens (including phenoxy) is 1. The molecule has 0 aliphatic rings. The van der Waals surface area contributed by atoms with Gasteiger partial charge in [0.15, 0.2) is 0 Å². The van der Waals surface area contributed by atoms with E-state index in [4.69, 9.17) is 4.74 Å². The molecule has 0 heterocycles. The normalized spacial score (nSPS) is 13.4. The zero-order valence-corrected chi connectivity index (χ0v) is 25.4. The number of likely N-dealkylation sites (N-methyl/N-ethyl adjacent to an activating group) is 1. The second-order valence-electron chi connectivity index (χ2n) is 12.4.